The van der Waals surface area contributed by atoms with Crippen LogP contribution >= 0.6 is 0 Å². The molecule has 12 nitrogen and oxygen atoms in total. The monoisotopic (exact) mass is 726 g/mol. The van der Waals surface area contributed by atoms with Gasteiger partial charge in [-0.05, 0) is 72.8 Å². The van der Waals surface area contributed by atoms with Crippen molar-refractivity contribution in [2.24, 2.45) is 30.0 Å². The smallest absolute Gasteiger partial charge is 0.316 e. The highest BCUT2D eigenvalue weighted by Crippen LogP contribution is 2.37. The van der Waals surface area contributed by atoms with Crippen LogP contribution in [-0.2, 0) is 0 Å². The molecule has 9 rings (SSSR count). The molecule has 0 saturated carbocycles. The first-order valence-corrected chi connectivity index (χ1v) is 17.2. The third-order valence-electron chi connectivity index (χ3n) is 8.01. The van der Waals surface area contributed by atoms with Crippen molar-refractivity contribution < 1.29 is 28.4 Å². The Hall–Kier alpha value is -7.74. The van der Waals surface area contributed by atoms with Gasteiger partial charge in [0.1, 0.15) is 76.9 Å². The Bertz CT molecular complexity index is 2240. The standard InChI is InChI=1S/C28H18N4O4.C15H12N2O2/c1-5-13-23-19(9-1)29-17-30-20-10-2-6-14-24(20)35-28-27(33-23)34-25-15-7-3-11-21(25)31-18-32-22-12-4-8-16-26(22)36-28;1-3-7-14-12(5-1)16-11-17-13-6-2-4-8-15(13)19-10-9-18-14/h1-16,27-28H;1-8H,9-10H2. The number of para-hydroxylation sites is 12. The lowest BCUT2D eigenvalue weighted by Crippen LogP contribution is -2.45. The Morgan fingerprint density at radius 2 is 0.527 bits per heavy atom. The molecule has 0 atom stereocenters. The molecule has 3 heterocycles. The van der Waals surface area contributed by atoms with Crippen molar-refractivity contribution in [1.29, 1.82) is 0 Å². The van der Waals surface area contributed by atoms with E-state index in [0.29, 0.717) is 81.8 Å². The van der Waals surface area contributed by atoms with Crippen LogP contribution in [0.5, 0.6) is 34.5 Å². The minimum Gasteiger partial charge on any atom is -0.488 e. The predicted octanol–water partition coefficient (Wildman–Crippen LogP) is 10.5. The summed E-state index contributed by atoms with van der Waals surface area (Å²) < 4.78 is 36.7. The van der Waals surface area contributed by atoms with Gasteiger partial charge in [0.25, 0.3) is 0 Å². The van der Waals surface area contributed by atoms with Crippen LogP contribution in [0.25, 0.3) is 0 Å². The zero-order valence-electron chi connectivity index (χ0n) is 29.1. The van der Waals surface area contributed by atoms with E-state index in [1.807, 2.05) is 97.1 Å². The lowest BCUT2D eigenvalue weighted by atomic mass is 10.3. The van der Waals surface area contributed by atoms with Gasteiger partial charge >= 0.3 is 12.6 Å². The molecule has 3 aliphatic rings. The van der Waals surface area contributed by atoms with Crippen molar-refractivity contribution in [3.05, 3.63) is 146 Å². The van der Waals surface area contributed by atoms with E-state index in [4.69, 9.17) is 28.4 Å². The van der Waals surface area contributed by atoms with Crippen molar-refractivity contribution in [3.63, 3.8) is 0 Å². The highest BCUT2D eigenvalue weighted by atomic mass is 16.8. The van der Waals surface area contributed by atoms with Crippen LogP contribution in [0, 0.1) is 0 Å². The predicted molar refractivity (Wildman–Crippen MR) is 207 cm³/mol. The number of rotatable bonds is 0. The van der Waals surface area contributed by atoms with Crippen LogP contribution < -0.4 is 28.4 Å². The molecule has 55 heavy (non-hydrogen) atoms. The van der Waals surface area contributed by atoms with E-state index in [-0.39, 0.29) is 0 Å². The molecule has 0 unspecified atom stereocenters. The fourth-order valence-corrected chi connectivity index (χ4v) is 5.41. The molecule has 268 valence electrons. The number of nitrogens with zero attached hydrogens (tertiary/aromatic N) is 6. The van der Waals surface area contributed by atoms with E-state index >= 15 is 0 Å². The summed E-state index contributed by atoms with van der Waals surface area (Å²) in [5.74, 6) is 3.17. The summed E-state index contributed by atoms with van der Waals surface area (Å²) in [7, 11) is 0. The normalized spacial score (nSPS) is 16.1. The Morgan fingerprint density at radius 1 is 0.309 bits per heavy atom. The molecule has 0 aromatic heterocycles. The fourth-order valence-electron chi connectivity index (χ4n) is 5.41. The van der Waals surface area contributed by atoms with Crippen molar-refractivity contribution in [1.82, 2.24) is 0 Å². The maximum absolute atomic E-state index is 6.35. The lowest BCUT2D eigenvalue weighted by Gasteiger charge is -2.29. The van der Waals surface area contributed by atoms with E-state index in [1.165, 1.54) is 0 Å². The molecule has 3 aliphatic heterocycles. The summed E-state index contributed by atoms with van der Waals surface area (Å²) in [4.78, 5) is 25.8. The van der Waals surface area contributed by atoms with Gasteiger partial charge in [-0.1, -0.05) is 72.8 Å². The number of fused-ring (bicyclic) bond motifs is 7. The minimum atomic E-state index is -1.09. The van der Waals surface area contributed by atoms with Gasteiger partial charge in [0.05, 0.1) is 0 Å². The van der Waals surface area contributed by atoms with Gasteiger partial charge in [-0.3, -0.25) is 0 Å². The number of hydrogen-bond donors (Lipinski definition) is 0. The van der Waals surface area contributed by atoms with E-state index in [9.17, 15) is 0 Å². The summed E-state index contributed by atoms with van der Waals surface area (Å²) in [6, 6.07) is 52.2. The van der Waals surface area contributed by atoms with Gasteiger partial charge in [0.2, 0.25) is 0 Å². The molecule has 0 N–H and O–H groups in total. The maximum atomic E-state index is 6.35. The zero-order valence-corrected chi connectivity index (χ0v) is 29.1. The molecule has 0 radical (unpaired) electrons. The Labute approximate surface area is 315 Å². The molecule has 6 aromatic rings. The molecule has 0 aliphatic carbocycles. The molecular weight excluding hydrogens is 697 g/mol. The second-order valence-corrected chi connectivity index (χ2v) is 11.7. The topological polar surface area (TPSA) is 130 Å². The van der Waals surface area contributed by atoms with E-state index < -0.39 is 12.6 Å². The maximum Gasteiger partial charge on any atom is 0.316 e. The number of aliphatic imine (C=N–C) groups is 6. The van der Waals surface area contributed by atoms with Crippen LogP contribution in [0.3, 0.4) is 0 Å². The molecular formula is C43H30N6O6. The quantitative estimate of drug-likeness (QED) is 0.153. The van der Waals surface area contributed by atoms with Crippen molar-refractivity contribution >= 4 is 52.1 Å². The molecule has 12 heteroatoms. The highest BCUT2D eigenvalue weighted by molar-refractivity contribution is 5.67. The lowest BCUT2D eigenvalue weighted by molar-refractivity contribution is -0.154. The molecule has 0 amide bonds. The average molecular weight is 727 g/mol. The van der Waals surface area contributed by atoms with Gasteiger partial charge in [-0.25, -0.2) is 0 Å². The van der Waals surface area contributed by atoms with Crippen LogP contribution in [0.4, 0.5) is 34.1 Å². The van der Waals surface area contributed by atoms with Crippen LogP contribution in [-0.4, -0.2) is 43.8 Å². The van der Waals surface area contributed by atoms with Gasteiger partial charge in [-0.15, -0.1) is 0 Å². The average Bonchev–Trinajstić information content (AvgIpc) is 3.29. The molecule has 0 spiro atoms. The van der Waals surface area contributed by atoms with Crippen LogP contribution in [0.1, 0.15) is 0 Å². The van der Waals surface area contributed by atoms with E-state index in [1.54, 1.807) is 48.5 Å². The zero-order chi connectivity index (χ0) is 37.1. The van der Waals surface area contributed by atoms with Gasteiger partial charge in [0.15, 0.2) is 23.0 Å². The minimum absolute atomic E-state index is 0.439. The van der Waals surface area contributed by atoms with Gasteiger partial charge in [0, 0.05) is 0 Å². The van der Waals surface area contributed by atoms with E-state index in [0.717, 1.165) is 0 Å². The largest absolute Gasteiger partial charge is 0.488 e. The van der Waals surface area contributed by atoms with Gasteiger partial charge in [-0.2, -0.15) is 30.0 Å². The van der Waals surface area contributed by atoms with Crippen LogP contribution in [0.2, 0.25) is 0 Å². The third kappa shape index (κ3) is 8.50. The first kappa shape index (κ1) is 34.4. The third-order valence-corrected chi connectivity index (χ3v) is 8.01. The summed E-state index contributed by atoms with van der Waals surface area (Å²) >= 11 is 0. The second kappa shape index (κ2) is 16.7. The molecule has 0 saturated heterocycles. The number of benzene rings is 6. The SMILES string of the molecule is C1=Nc2ccccc2OC2Oc3ccccc3N=C=Nc3ccccc3OC2Oc2ccccc2N=1.C1=Nc2ccccc2OCCOc2ccccc2N=1. The van der Waals surface area contributed by atoms with Gasteiger partial charge < -0.3 is 28.4 Å². The van der Waals surface area contributed by atoms with Crippen molar-refractivity contribution in [2.45, 2.75) is 12.6 Å². The molecule has 6 aromatic carbocycles. The Kier molecular flexibility index (Phi) is 10.4. The Morgan fingerprint density at radius 3 is 0.800 bits per heavy atom. The Balaban J connectivity index is 0.000000189. The summed E-state index contributed by atoms with van der Waals surface area (Å²) in [6.07, 6.45) is -2.18. The second-order valence-electron chi connectivity index (χ2n) is 11.7. The van der Waals surface area contributed by atoms with Crippen molar-refractivity contribution in [2.75, 3.05) is 13.2 Å². The van der Waals surface area contributed by atoms with E-state index in [2.05, 4.69) is 48.0 Å². The number of ether oxygens (including phenoxy) is 6. The highest BCUT2D eigenvalue weighted by Gasteiger charge is 2.33. The summed E-state index contributed by atoms with van der Waals surface area (Å²) in [6.45, 7) is 0.918. The summed E-state index contributed by atoms with van der Waals surface area (Å²) in [5, 5.41) is 0. The molecule has 0 bridgehead atoms. The molecule has 0 fully saturated rings. The number of hydrogen-bond acceptors (Lipinski definition) is 12. The first-order chi connectivity index (χ1) is 27.3. The van der Waals surface area contributed by atoms with Crippen molar-refractivity contribution in [3.8, 4) is 34.5 Å². The summed E-state index contributed by atoms with van der Waals surface area (Å²) in [5.41, 5.74) is 3.51. The first-order valence-electron chi connectivity index (χ1n) is 17.2. The van der Waals surface area contributed by atoms with Crippen LogP contribution in [0.15, 0.2) is 176 Å². The fraction of sp³-hybridized carbons (Fsp3) is 0.0930.